The molecule has 0 unspecified atom stereocenters. The van der Waals surface area contributed by atoms with Crippen molar-refractivity contribution in [2.45, 2.75) is 115 Å². The molecule has 1 aliphatic carbocycles. The maximum Gasteiger partial charge on any atom is 0.573 e. The highest BCUT2D eigenvalue weighted by Crippen LogP contribution is 2.42. The molecule has 7 heterocycles. The van der Waals surface area contributed by atoms with Crippen LogP contribution >= 0.6 is 11.3 Å². The van der Waals surface area contributed by atoms with E-state index in [1.807, 2.05) is 67.7 Å². The monoisotopic (exact) mass is 1360 g/mol. The summed E-state index contributed by atoms with van der Waals surface area (Å²) in [5.41, 5.74) is 14.2. The van der Waals surface area contributed by atoms with Crippen molar-refractivity contribution in [1.82, 2.24) is 40.3 Å². The van der Waals surface area contributed by atoms with Gasteiger partial charge in [0.2, 0.25) is 23.6 Å². The smallest absolute Gasteiger partial charge is 0.406 e. The number of aryl methyl sites for hydroxylation is 2. The first-order chi connectivity index (χ1) is 46.8. The number of β-amino-alcohol motifs (C(OH)–C–C–N with tert-alkyl or cyclic N) is 1. The molecule has 98 heavy (non-hydrogen) atoms. The molecular weight excluding hydrogens is 1280 g/mol. The summed E-state index contributed by atoms with van der Waals surface area (Å²) in [7, 11) is 0. The number of aliphatic imine (C=N–C) groups is 1. The summed E-state index contributed by atoms with van der Waals surface area (Å²) in [6, 6.07) is 26.4. The fraction of sp³-hybridized carbons (Fsp3) is 0.375. The molecule has 4 aromatic carbocycles. The van der Waals surface area contributed by atoms with Crippen molar-refractivity contribution < 1.29 is 56.2 Å². The number of carbonyl (C=O) groups is 6. The summed E-state index contributed by atoms with van der Waals surface area (Å²) in [5, 5.41) is 22.9. The number of likely N-dealkylation sites (tertiary alicyclic amines) is 1. The molecule has 3 fully saturated rings. The van der Waals surface area contributed by atoms with Crippen molar-refractivity contribution >= 4 is 69.9 Å². The molecule has 4 atom stereocenters. The van der Waals surface area contributed by atoms with Gasteiger partial charge in [0.05, 0.1) is 46.6 Å². The van der Waals surface area contributed by atoms with Gasteiger partial charge in [0.1, 0.15) is 42.0 Å². The van der Waals surface area contributed by atoms with Crippen molar-refractivity contribution in [3.05, 3.63) is 166 Å². The highest BCUT2D eigenvalue weighted by atomic mass is 32.1. The van der Waals surface area contributed by atoms with Crippen molar-refractivity contribution in [1.29, 1.82) is 0 Å². The summed E-state index contributed by atoms with van der Waals surface area (Å²) in [6.07, 6.45) is -1.15. The number of ether oxygens (including phenoxy) is 1. The predicted octanol–water partition coefficient (Wildman–Crippen LogP) is 8.21. The fourth-order valence-corrected chi connectivity index (χ4v) is 13.7. The van der Waals surface area contributed by atoms with Crippen molar-refractivity contribution in [2.24, 2.45) is 16.1 Å². The number of hydrogen-bond acceptors (Lipinski definition) is 15. The molecule has 4 aliphatic heterocycles. The molecule has 7 N–H and O–H groups in total. The molecule has 510 valence electrons. The molecule has 12 rings (SSSR count). The van der Waals surface area contributed by atoms with Gasteiger partial charge in [-0.15, -0.1) is 24.5 Å². The Bertz CT molecular complexity index is 4280. The molecule has 0 bridgehead atoms. The Morgan fingerprint density at radius 2 is 1.60 bits per heavy atom. The van der Waals surface area contributed by atoms with Gasteiger partial charge in [0.15, 0.2) is 5.67 Å². The number of pyridine rings is 1. The Morgan fingerprint density at radius 3 is 2.30 bits per heavy atom. The number of alkyl halides is 4. The second kappa shape index (κ2) is 28.1. The van der Waals surface area contributed by atoms with Gasteiger partial charge in [-0.3, -0.25) is 28.8 Å². The first-order valence-corrected chi connectivity index (χ1v) is 33.5. The number of aliphatic hydroxyl groups excluding tert-OH is 1. The van der Waals surface area contributed by atoms with Crippen LogP contribution in [0.2, 0.25) is 0 Å². The minimum absolute atomic E-state index is 0.0640. The van der Waals surface area contributed by atoms with E-state index in [9.17, 15) is 51.4 Å². The largest absolute Gasteiger partial charge is 0.573 e. The molecule has 21 nitrogen and oxygen atoms in total. The average molecular weight is 1360 g/mol. The van der Waals surface area contributed by atoms with E-state index in [0.717, 1.165) is 49.9 Å². The molecule has 1 saturated carbocycles. The first kappa shape index (κ1) is 67.8. The Kier molecular flexibility index (Phi) is 19.5. The number of carbonyl (C=O) groups excluding carboxylic acids is 6. The van der Waals surface area contributed by atoms with Crippen LogP contribution in [-0.4, -0.2) is 153 Å². The lowest BCUT2D eigenvalue weighted by atomic mass is 9.85. The van der Waals surface area contributed by atoms with Gasteiger partial charge < -0.3 is 61.0 Å². The number of nitrogens with two attached hydrogens (primary N) is 1. The number of hydrogen-bond donors (Lipinski definition) is 6. The number of aromatic nitrogens is 3. The van der Waals surface area contributed by atoms with E-state index < -0.39 is 59.4 Å². The number of anilines is 3. The van der Waals surface area contributed by atoms with E-state index in [1.165, 1.54) is 34.4 Å². The van der Waals surface area contributed by atoms with Crippen LogP contribution in [-0.2, 0) is 43.4 Å². The summed E-state index contributed by atoms with van der Waals surface area (Å²) < 4.78 is 59.5. The van der Waals surface area contributed by atoms with Crippen LogP contribution < -0.4 is 41.5 Å². The number of nitrogens with one attached hydrogen (secondary N) is 4. The number of fused-ring (bicyclic) bond motifs is 2. The zero-order valence-corrected chi connectivity index (χ0v) is 55.4. The Morgan fingerprint density at radius 1 is 0.867 bits per heavy atom. The second-order valence-corrected chi connectivity index (χ2v) is 27.2. The third-order valence-electron chi connectivity index (χ3n) is 18.3. The summed E-state index contributed by atoms with van der Waals surface area (Å²) in [4.78, 5) is 104. The van der Waals surface area contributed by atoms with Gasteiger partial charge in [-0.25, -0.2) is 19.4 Å². The number of rotatable bonds is 19. The maximum atomic E-state index is 14.9. The molecule has 0 radical (unpaired) electrons. The lowest BCUT2D eigenvalue weighted by Crippen LogP contribution is -2.59. The molecule has 2 saturated heterocycles. The topological polar surface area (TPSA) is 262 Å². The lowest BCUT2D eigenvalue weighted by molar-refractivity contribution is -0.274. The van der Waals surface area contributed by atoms with Gasteiger partial charge in [0, 0.05) is 99.1 Å². The summed E-state index contributed by atoms with van der Waals surface area (Å²) in [6.45, 7) is 10.3. The predicted molar refractivity (Wildman–Crippen MR) is 363 cm³/mol. The Hall–Kier alpha value is -10.1. The zero-order chi connectivity index (χ0) is 69.2. The number of amides is 6. The third kappa shape index (κ3) is 15.5. The molecule has 3 aromatic heterocycles. The number of nitrogens with zero attached hydrogens (tertiary/aromatic N) is 8. The van der Waals surface area contributed by atoms with Gasteiger partial charge >= 0.3 is 6.36 Å². The zero-order valence-electron chi connectivity index (χ0n) is 54.6. The Balaban J connectivity index is 0.620. The molecular formula is C72H75F4N13O8S. The van der Waals surface area contributed by atoms with E-state index in [-0.39, 0.29) is 62.1 Å². The molecule has 26 heteroatoms. The van der Waals surface area contributed by atoms with E-state index in [2.05, 4.69) is 57.3 Å². The molecule has 6 amide bonds. The highest BCUT2D eigenvalue weighted by molar-refractivity contribution is 7.13. The van der Waals surface area contributed by atoms with Gasteiger partial charge in [-0.05, 0) is 127 Å². The van der Waals surface area contributed by atoms with Crippen molar-refractivity contribution in [2.75, 3.05) is 67.6 Å². The fourth-order valence-electron chi connectivity index (χ4n) is 12.9. The summed E-state index contributed by atoms with van der Waals surface area (Å²) in [5.74, 6) is 5.08. The number of piperazine rings is 1. The number of thiazole rings is 1. The third-order valence-corrected chi connectivity index (χ3v) is 19.3. The van der Waals surface area contributed by atoms with E-state index in [4.69, 9.17) is 10.7 Å². The highest BCUT2D eigenvalue weighted by Gasteiger charge is 2.53. The van der Waals surface area contributed by atoms with E-state index in [1.54, 1.807) is 72.6 Å². The van der Waals surface area contributed by atoms with Crippen LogP contribution in [0.5, 0.6) is 5.75 Å². The summed E-state index contributed by atoms with van der Waals surface area (Å²) >= 11 is 1.50. The van der Waals surface area contributed by atoms with E-state index >= 15 is 0 Å². The number of aliphatic hydroxyl groups is 1. The standard InChI is InChI=1S/C72H75F4N13O8S/c1-43-62(98-42-82-43)48-18-16-47(17-19-48)55(83-67(94)57-36-52(90)39-89(57)68(95)63(70(2,3)4)84-69(96)71(73)24-25-71)37-59(91)86-31-29-85(30-32-86)58-22-13-45(38-79-58)10-9-44-11-14-49(15-12-44)66(93)78-26-6-27-87-40-54(61-64(77)80-41-81-65(61)87)50-20-21-56-51(35-50)23-28-88(56)60(92)34-46-7-5-8-53(33-46)97-72(74,75)76/h5,7-8,11-22,33,35,38,40,42,52,55,57,63,81,90H,6,23-32,34,36-37,39,41H2,1-4H3,(H2,77,80)(H,78,93)(H,83,94)(H,84,96)/t52-,55+,57+,63-/m1/s1. The van der Waals surface area contributed by atoms with Crippen LogP contribution in [0.1, 0.15) is 108 Å². The molecule has 0 spiro atoms. The number of halogens is 4. The van der Waals surface area contributed by atoms with Gasteiger partial charge in [0.25, 0.3) is 11.8 Å². The minimum atomic E-state index is -4.85. The van der Waals surface area contributed by atoms with Crippen LogP contribution in [0, 0.1) is 24.2 Å². The van der Waals surface area contributed by atoms with E-state index in [0.29, 0.717) is 105 Å². The van der Waals surface area contributed by atoms with Gasteiger partial charge in [-0.1, -0.05) is 75.1 Å². The van der Waals surface area contributed by atoms with Crippen LogP contribution in [0.3, 0.4) is 0 Å². The normalized spacial score (nSPS) is 17.7. The first-order valence-electron chi connectivity index (χ1n) is 32.6. The SMILES string of the molecule is Cc1ncsc1-c1ccc([C@H](CC(=O)N2CCN(c3ccc(C#Cc4ccc(C(=O)NCCCn5cc(-c6ccc7c(c6)CCN7C(=O)Cc6cccc(OC(F)(F)F)c6)c6c5NCN=C6N)cc4)cn3)CC2)NC(=O)[C@@H]2C[C@@H](O)CN2C(=O)[C@@H](NC(=O)C2(F)CC2)C(C)(C)C)cc1. The molecule has 5 aliphatic rings. The van der Waals surface area contributed by atoms with Crippen LogP contribution in [0.15, 0.2) is 126 Å². The van der Waals surface area contributed by atoms with Crippen LogP contribution in [0.4, 0.5) is 34.9 Å². The minimum Gasteiger partial charge on any atom is -0.406 e. The van der Waals surface area contributed by atoms with Gasteiger partial charge in [-0.2, -0.15) is 0 Å². The van der Waals surface area contributed by atoms with Crippen LogP contribution in [0.25, 0.3) is 21.6 Å². The second-order valence-electron chi connectivity index (χ2n) is 26.3. The lowest BCUT2D eigenvalue weighted by Gasteiger charge is -2.37. The number of amidine groups is 1. The maximum absolute atomic E-state index is 14.9. The number of benzene rings is 4. The average Bonchev–Trinajstić information content (AvgIpc) is 1.61. The van der Waals surface area contributed by atoms with Crippen molar-refractivity contribution in [3.8, 4) is 39.2 Å². The van der Waals surface area contributed by atoms with Crippen molar-refractivity contribution in [3.63, 3.8) is 0 Å². The molecule has 7 aromatic rings. The quantitative estimate of drug-likeness (QED) is 0.0254. The Labute approximate surface area is 567 Å².